The number of methoxy groups -OCH3 is 1. The molecule has 0 aromatic carbocycles. The Labute approximate surface area is 115 Å². The molecule has 0 amide bonds. The van der Waals surface area contributed by atoms with Crippen LogP contribution in [0.5, 0.6) is 0 Å². The van der Waals surface area contributed by atoms with Gasteiger partial charge in [-0.1, -0.05) is 0 Å². The van der Waals surface area contributed by atoms with Gasteiger partial charge in [0.05, 0.1) is 13.2 Å². The number of ether oxygens (including phenoxy) is 1. The van der Waals surface area contributed by atoms with E-state index in [-0.39, 0.29) is 18.2 Å². The molecular formula is C14H16O4S. The zero-order valence-corrected chi connectivity index (χ0v) is 11.5. The zero-order chi connectivity index (χ0) is 13.8. The molecule has 1 heterocycles. The lowest BCUT2D eigenvalue weighted by Crippen LogP contribution is -2.01. The number of ketones is 1. The number of Topliss-reactive ketones (excluding diaryl/α,β-unsaturated/α-hetero) is 1. The van der Waals surface area contributed by atoms with Crippen molar-refractivity contribution in [2.24, 2.45) is 0 Å². The quantitative estimate of drug-likeness (QED) is 0.839. The third-order valence-corrected chi connectivity index (χ3v) is 4.19. The van der Waals surface area contributed by atoms with Gasteiger partial charge in [-0.25, -0.2) is 4.79 Å². The summed E-state index contributed by atoms with van der Waals surface area (Å²) >= 11 is 1.42. The average Bonchev–Trinajstić information content (AvgIpc) is 2.96. The second kappa shape index (κ2) is 6.12. The number of rotatable bonds is 5. The third kappa shape index (κ3) is 3.52. The van der Waals surface area contributed by atoms with Crippen molar-refractivity contribution in [2.45, 2.75) is 31.8 Å². The summed E-state index contributed by atoms with van der Waals surface area (Å²) in [6.07, 6.45) is 3.61. The number of aliphatic hydroxyl groups is 1. The second-order valence-electron chi connectivity index (χ2n) is 4.50. The van der Waals surface area contributed by atoms with Gasteiger partial charge < -0.3 is 9.84 Å². The minimum Gasteiger partial charge on any atom is -0.465 e. The van der Waals surface area contributed by atoms with Gasteiger partial charge in [0, 0.05) is 11.3 Å². The lowest BCUT2D eigenvalue weighted by molar-refractivity contribution is -0.115. The van der Waals surface area contributed by atoms with Gasteiger partial charge in [-0.2, -0.15) is 0 Å². The Bertz CT molecular complexity index is 515. The van der Waals surface area contributed by atoms with Crippen molar-refractivity contribution in [3.05, 3.63) is 33.5 Å². The van der Waals surface area contributed by atoms with Gasteiger partial charge in [-0.15, -0.1) is 11.3 Å². The maximum atomic E-state index is 11.5. The van der Waals surface area contributed by atoms with Crippen molar-refractivity contribution < 1.29 is 19.4 Å². The largest absolute Gasteiger partial charge is 0.465 e. The molecule has 2 rings (SSSR count). The van der Waals surface area contributed by atoms with Gasteiger partial charge in [-0.05, 0) is 43.0 Å². The number of thiophene rings is 1. The Kier molecular flexibility index (Phi) is 4.50. The lowest BCUT2D eigenvalue weighted by atomic mass is 10.1. The molecule has 1 aromatic rings. The van der Waals surface area contributed by atoms with E-state index >= 15 is 0 Å². The summed E-state index contributed by atoms with van der Waals surface area (Å²) in [5.41, 5.74) is 0.734. The molecule has 1 aliphatic carbocycles. The molecule has 0 saturated carbocycles. The normalized spacial score (nSPS) is 18.5. The van der Waals surface area contributed by atoms with E-state index < -0.39 is 6.10 Å². The summed E-state index contributed by atoms with van der Waals surface area (Å²) < 4.78 is 4.65. The molecule has 0 bridgehead atoms. The smallest absolute Gasteiger partial charge is 0.348 e. The van der Waals surface area contributed by atoms with Gasteiger partial charge in [0.2, 0.25) is 0 Å². The Balaban J connectivity index is 1.83. The SMILES string of the molecule is COC(=O)c1ccc(CCCC2=C[C@H](O)CC2=O)s1. The van der Waals surface area contributed by atoms with Crippen LogP contribution in [0.2, 0.25) is 0 Å². The summed E-state index contributed by atoms with van der Waals surface area (Å²) in [7, 11) is 1.37. The van der Waals surface area contributed by atoms with Crippen molar-refractivity contribution >= 4 is 23.1 Å². The van der Waals surface area contributed by atoms with Gasteiger partial charge in [0.1, 0.15) is 4.88 Å². The van der Waals surface area contributed by atoms with E-state index in [4.69, 9.17) is 0 Å². The summed E-state index contributed by atoms with van der Waals surface area (Å²) in [4.78, 5) is 24.5. The van der Waals surface area contributed by atoms with Crippen LogP contribution in [-0.4, -0.2) is 30.1 Å². The fourth-order valence-electron chi connectivity index (χ4n) is 2.10. The molecule has 4 nitrogen and oxygen atoms in total. The molecule has 0 saturated heterocycles. The number of carbonyl (C=O) groups excluding carboxylic acids is 2. The molecule has 1 N–H and O–H groups in total. The van der Waals surface area contributed by atoms with Crippen LogP contribution in [0.3, 0.4) is 0 Å². The average molecular weight is 280 g/mol. The summed E-state index contributed by atoms with van der Waals surface area (Å²) in [6, 6.07) is 3.67. The Morgan fingerprint density at radius 2 is 2.26 bits per heavy atom. The highest BCUT2D eigenvalue weighted by Crippen LogP contribution is 2.23. The summed E-state index contributed by atoms with van der Waals surface area (Å²) in [5, 5.41) is 9.33. The van der Waals surface area contributed by atoms with Crippen LogP contribution in [0.15, 0.2) is 23.8 Å². The van der Waals surface area contributed by atoms with Crippen LogP contribution in [-0.2, 0) is 16.0 Å². The Morgan fingerprint density at radius 1 is 1.47 bits per heavy atom. The summed E-state index contributed by atoms with van der Waals surface area (Å²) in [6.45, 7) is 0. The number of hydrogen-bond donors (Lipinski definition) is 1. The molecule has 0 aliphatic heterocycles. The van der Waals surface area contributed by atoms with E-state index in [1.54, 1.807) is 12.1 Å². The van der Waals surface area contributed by atoms with Crippen molar-refractivity contribution in [1.82, 2.24) is 0 Å². The number of esters is 1. The Morgan fingerprint density at radius 3 is 2.89 bits per heavy atom. The fourth-order valence-corrected chi connectivity index (χ4v) is 3.07. The van der Waals surface area contributed by atoms with Crippen molar-refractivity contribution in [2.75, 3.05) is 7.11 Å². The first kappa shape index (κ1) is 14.0. The minimum atomic E-state index is -0.602. The first-order valence-corrected chi connectivity index (χ1v) is 7.01. The number of carbonyl (C=O) groups is 2. The number of aryl methyl sites for hydroxylation is 1. The first-order chi connectivity index (χ1) is 9.10. The van der Waals surface area contributed by atoms with E-state index in [9.17, 15) is 14.7 Å². The molecule has 19 heavy (non-hydrogen) atoms. The van der Waals surface area contributed by atoms with E-state index in [0.29, 0.717) is 11.3 Å². The van der Waals surface area contributed by atoms with Crippen LogP contribution >= 0.6 is 11.3 Å². The van der Waals surface area contributed by atoms with E-state index in [2.05, 4.69) is 4.74 Å². The summed E-state index contributed by atoms with van der Waals surface area (Å²) in [5.74, 6) is -0.262. The van der Waals surface area contributed by atoms with Crippen molar-refractivity contribution in [3.8, 4) is 0 Å². The van der Waals surface area contributed by atoms with Crippen LogP contribution in [0, 0.1) is 0 Å². The molecule has 0 spiro atoms. The van der Waals surface area contributed by atoms with E-state index in [1.807, 2.05) is 6.07 Å². The lowest BCUT2D eigenvalue weighted by Gasteiger charge is -1.99. The predicted molar refractivity (Wildman–Crippen MR) is 72.3 cm³/mol. The molecule has 102 valence electrons. The second-order valence-corrected chi connectivity index (χ2v) is 5.67. The number of hydrogen-bond acceptors (Lipinski definition) is 5. The van der Waals surface area contributed by atoms with Gasteiger partial charge in [-0.3, -0.25) is 4.79 Å². The van der Waals surface area contributed by atoms with Crippen LogP contribution in [0.25, 0.3) is 0 Å². The molecule has 1 aromatic heterocycles. The highest BCUT2D eigenvalue weighted by atomic mass is 32.1. The topological polar surface area (TPSA) is 63.6 Å². The zero-order valence-electron chi connectivity index (χ0n) is 10.7. The molecule has 0 radical (unpaired) electrons. The molecular weight excluding hydrogens is 264 g/mol. The van der Waals surface area contributed by atoms with Gasteiger partial charge in [0.25, 0.3) is 0 Å². The standard InChI is InChI=1S/C14H16O4S/c1-18-14(17)13-6-5-11(19-13)4-2-3-9-7-10(15)8-12(9)16/h5-7,10,15H,2-4,8H2,1H3/t10-/m0/s1. The molecule has 5 heteroatoms. The van der Waals surface area contributed by atoms with Crippen LogP contribution < -0.4 is 0 Å². The van der Waals surface area contributed by atoms with Gasteiger partial charge in [0.15, 0.2) is 5.78 Å². The van der Waals surface area contributed by atoms with E-state index in [1.165, 1.54) is 18.4 Å². The number of aliphatic hydroxyl groups excluding tert-OH is 1. The highest BCUT2D eigenvalue weighted by molar-refractivity contribution is 7.13. The fraction of sp³-hybridized carbons (Fsp3) is 0.429. The van der Waals surface area contributed by atoms with Crippen LogP contribution in [0.1, 0.15) is 33.8 Å². The first-order valence-electron chi connectivity index (χ1n) is 6.19. The van der Waals surface area contributed by atoms with Crippen molar-refractivity contribution in [3.63, 3.8) is 0 Å². The third-order valence-electron chi connectivity index (χ3n) is 3.06. The van der Waals surface area contributed by atoms with E-state index in [0.717, 1.165) is 23.3 Å². The monoisotopic (exact) mass is 280 g/mol. The predicted octanol–water partition coefficient (Wildman–Crippen LogP) is 2.12. The maximum absolute atomic E-state index is 11.5. The molecule has 1 atom stereocenters. The van der Waals surface area contributed by atoms with Crippen molar-refractivity contribution in [1.29, 1.82) is 0 Å². The Hall–Kier alpha value is -1.46. The van der Waals surface area contributed by atoms with Gasteiger partial charge >= 0.3 is 5.97 Å². The molecule has 0 unspecified atom stereocenters. The highest BCUT2D eigenvalue weighted by Gasteiger charge is 2.21. The minimum absolute atomic E-state index is 0.0499. The maximum Gasteiger partial charge on any atom is 0.348 e. The molecule has 0 fully saturated rings. The number of allylic oxidation sites excluding steroid dienone is 1. The van der Waals surface area contributed by atoms with Crippen LogP contribution in [0.4, 0.5) is 0 Å². The molecule has 1 aliphatic rings.